The predicted molar refractivity (Wildman–Crippen MR) is 108 cm³/mol. The number of aromatic nitrogens is 2. The summed E-state index contributed by atoms with van der Waals surface area (Å²) in [7, 11) is 1.09. The maximum absolute atomic E-state index is 13.0. The largest absolute Gasteiger partial charge is 0.496 e. The molecule has 0 unspecified atom stereocenters. The Labute approximate surface area is 165 Å². The van der Waals surface area contributed by atoms with E-state index in [0.29, 0.717) is 16.5 Å². The Morgan fingerprint density at radius 3 is 2.29 bits per heavy atom. The molecule has 1 saturated heterocycles. The smallest absolute Gasteiger partial charge is 0.456 e. The van der Waals surface area contributed by atoms with Crippen molar-refractivity contribution in [1.29, 1.82) is 0 Å². The van der Waals surface area contributed by atoms with Crippen LogP contribution in [0.3, 0.4) is 0 Å². The van der Waals surface area contributed by atoms with Gasteiger partial charge in [0.25, 0.3) is 0 Å². The molecule has 0 N–H and O–H groups in total. The molecule has 1 aliphatic heterocycles. The van der Waals surface area contributed by atoms with Gasteiger partial charge in [0, 0.05) is 24.9 Å². The monoisotopic (exact) mass is 386 g/mol. The van der Waals surface area contributed by atoms with Gasteiger partial charge in [-0.2, -0.15) is 0 Å². The molecule has 28 heavy (non-hydrogen) atoms. The zero-order valence-electron chi connectivity index (χ0n) is 17.7. The number of hydrogen-bond acceptors (Lipinski definition) is 6. The van der Waals surface area contributed by atoms with Gasteiger partial charge in [0.05, 0.1) is 16.6 Å². The van der Waals surface area contributed by atoms with E-state index in [-0.39, 0.29) is 5.56 Å². The number of aryl methyl sites for hydroxylation is 1. The van der Waals surface area contributed by atoms with E-state index >= 15 is 0 Å². The van der Waals surface area contributed by atoms with E-state index < -0.39 is 35.3 Å². The van der Waals surface area contributed by atoms with E-state index in [1.165, 1.54) is 6.20 Å². The van der Waals surface area contributed by atoms with Gasteiger partial charge in [-0.25, -0.2) is 9.78 Å². The minimum absolute atomic E-state index is 0.0298. The molecule has 2 aromatic rings. The Morgan fingerprint density at radius 2 is 1.75 bits per heavy atom. The summed E-state index contributed by atoms with van der Waals surface area (Å²) in [5, 5.41) is 0.318. The lowest BCUT2D eigenvalue weighted by Gasteiger charge is -2.32. The molecule has 0 radical (unpaired) electrons. The maximum atomic E-state index is 13.0. The maximum Gasteiger partial charge on any atom is 0.496 e. The number of carbonyl (C=O) groups is 1. The van der Waals surface area contributed by atoms with E-state index in [0.717, 1.165) is 0 Å². The van der Waals surface area contributed by atoms with Crippen molar-refractivity contribution < 1.29 is 18.8 Å². The third-order valence-electron chi connectivity index (χ3n) is 5.18. The van der Waals surface area contributed by atoms with Gasteiger partial charge in [-0.15, -0.1) is 0 Å². The summed E-state index contributed by atoms with van der Waals surface area (Å²) in [5.41, 5.74) is -1.06. The van der Waals surface area contributed by atoms with Gasteiger partial charge in [-0.05, 0) is 54.5 Å². The summed E-state index contributed by atoms with van der Waals surface area (Å²) in [5.74, 6) is -0.656. The second-order valence-electron chi connectivity index (χ2n) is 9.21. The Morgan fingerprint density at radius 1 is 1.18 bits per heavy atom. The van der Waals surface area contributed by atoms with Crippen LogP contribution in [0.1, 0.15) is 58.8 Å². The molecule has 8 heteroatoms. The van der Waals surface area contributed by atoms with Crippen LogP contribution in [0.25, 0.3) is 11.0 Å². The third kappa shape index (κ3) is 3.58. The SMILES string of the molecule is Cn1cc(C(=O)OC(C)(C)C)c(=O)c2cc(B3OC(C)(C)C(C)(C)O3)cnc21. The fourth-order valence-corrected chi connectivity index (χ4v) is 2.97. The number of pyridine rings is 2. The number of rotatable bonds is 2. The number of ether oxygens (including phenoxy) is 1. The van der Waals surface area contributed by atoms with Crippen molar-refractivity contribution in [3.63, 3.8) is 0 Å². The highest BCUT2D eigenvalue weighted by Gasteiger charge is 2.51. The van der Waals surface area contributed by atoms with E-state index in [1.807, 2.05) is 27.7 Å². The molecular formula is C20H27BN2O5. The van der Waals surface area contributed by atoms with Crippen LogP contribution in [0.15, 0.2) is 23.3 Å². The minimum atomic E-state index is -0.695. The van der Waals surface area contributed by atoms with E-state index in [2.05, 4.69) is 4.98 Å². The van der Waals surface area contributed by atoms with Crippen molar-refractivity contribution in [2.24, 2.45) is 7.05 Å². The van der Waals surface area contributed by atoms with Crippen molar-refractivity contribution in [2.45, 2.75) is 65.3 Å². The fourth-order valence-electron chi connectivity index (χ4n) is 2.97. The second kappa shape index (κ2) is 6.42. The molecule has 0 aliphatic carbocycles. The zero-order chi connectivity index (χ0) is 21.1. The summed E-state index contributed by atoms with van der Waals surface area (Å²) in [6, 6.07) is 1.68. The van der Waals surface area contributed by atoms with Crippen LogP contribution in [-0.2, 0) is 21.1 Å². The molecule has 2 aromatic heterocycles. The first kappa shape index (κ1) is 20.5. The first-order chi connectivity index (χ1) is 12.7. The molecule has 0 aromatic carbocycles. The molecule has 150 valence electrons. The van der Waals surface area contributed by atoms with Gasteiger partial charge in [0.2, 0.25) is 5.43 Å². The second-order valence-corrected chi connectivity index (χ2v) is 9.21. The summed E-state index contributed by atoms with van der Waals surface area (Å²) < 4.78 is 19.1. The molecule has 1 aliphatic rings. The van der Waals surface area contributed by atoms with Crippen molar-refractivity contribution in [1.82, 2.24) is 9.55 Å². The molecule has 3 rings (SSSR count). The lowest BCUT2D eigenvalue weighted by Crippen LogP contribution is -2.41. The van der Waals surface area contributed by atoms with Gasteiger partial charge in [-0.3, -0.25) is 4.79 Å². The number of fused-ring (bicyclic) bond motifs is 1. The van der Waals surface area contributed by atoms with Crippen LogP contribution in [0, 0.1) is 0 Å². The summed E-state index contributed by atoms with van der Waals surface area (Å²) in [6.07, 6.45) is 3.09. The fraction of sp³-hybridized carbons (Fsp3) is 0.550. The Kier molecular flexibility index (Phi) is 4.71. The van der Waals surface area contributed by atoms with Crippen LogP contribution < -0.4 is 10.9 Å². The van der Waals surface area contributed by atoms with Gasteiger partial charge < -0.3 is 18.6 Å². The van der Waals surface area contributed by atoms with Crippen molar-refractivity contribution >= 4 is 29.6 Å². The minimum Gasteiger partial charge on any atom is -0.456 e. The molecule has 1 fully saturated rings. The van der Waals surface area contributed by atoms with Crippen LogP contribution in [0.2, 0.25) is 0 Å². The number of carbonyl (C=O) groups excluding carboxylic acids is 1. The standard InChI is InChI=1S/C20H27BN2O5/c1-18(2,3)26-17(25)14-11-23(8)16-13(15(14)24)9-12(10-22-16)21-27-19(4,5)20(6,7)28-21/h9-11H,1-8H3. The Bertz CT molecular complexity index is 988. The molecule has 7 nitrogen and oxygen atoms in total. The topological polar surface area (TPSA) is 79.7 Å². The van der Waals surface area contributed by atoms with Gasteiger partial charge in [0.1, 0.15) is 16.8 Å². The van der Waals surface area contributed by atoms with Gasteiger partial charge >= 0.3 is 13.1 Å². The third-order valence-corrected chi connectivity index (χ3v) is 5.18. The number of nitrogens with zero attached hydrogens (tertiary/aromatic N) is 2. The first-order valence-electron chi connectivity index (χ1n) is 9.30. The lowest BCUT2D eigenvalue weighted by molar-refractivity contribution is 0.00578. The zero-order valence-corrected chi connectivity index (χ0v) is 17.7. The van der Waals surface area contributed by atoms with Crippen LogP contribution in [0.5, 0.6) is 0 Å². The number of hydrogen-bond donors (Lipinski definition) is 0. The lowest BCUT2D eigenvalue weighted by atomic mass is 9.80. The van der Waals surface area contributed by atoms with Crippen LogP contribution in [0.4, 0.5) is 0 Å². The molecule has 0 bridgehead atoms. The quantitative estimate of drug-likeness (QED) is 0.582. The van der Waals surface area contributed by atoms with Crippen LogP contribution >= 0.6 is 0 Å². The van der Waals surface area contributed by atoms with Crippen molar-refractivity contribution in [3.8, 4) is 0 Å². The highest BCUT2D eigenvalue weighted by molar-refractivity contribution is 6.62. The highest BCUT2D eigenvalue weighted by Crippen LogP contribution is 2.36. The number of esters is 1. The average Bonchev–Trinajstić information content (AvgIpc) is 2.76. The van der Waals surface area contributed by atoms with E-state index in [9.17, 15) is 9.59 Å². The van der Waals surface area contributed by atoms with Crippen molar-refractivity contribution in [2.75, 3.05) is 0 Å². The Balaban J connectivity index is 2.08. The normalized spacial score (nSPS) is 18.5. The molecule has 0 spiro atoms. The highest BCUT2D eigenvalue weighted by atomic mass is 16.7. The average molecular weight is 386 g/mol. The summed E-state index contributed by atoms with van der Waals surface area (Å²) in [4.78, 5) is 29.9. The Hall–Kier alpha value is -2.19. The molecule has 0 atom stereocenters. The van der Waals surface area contributed by atoms with Crippen LogP contribution in [-0.4, -0.2) is 39.4 Å². The molecule has 0 amide bonds. The van der Waals surface area contributed by atoms with Crippen molar-refractivity contribution in [3.05, 3.63) is 34.2 Å². The van der Waals surface area contributed by atoms with E-state index in [1.54, 1.807) is 44.6 Å². The van der Waals surface area contributed by atoms with Gasteiger partial charge in [0.15, 0.2) is 0 Å². The van der Waals surface area contributed by atoms with Gasteiger partial charge in [-0.1, -0.05) is 0 Å². The molecular weight excluding hydrogens is 359 g/mol. The first-order valence-corrected chi connectivity index (χ1v) is 9.30. The van der Waals surface area contributed by atoms with E-state index in [4.69, 9.17) is 14.0 Å². The summed E-state index contributed by atoms with van der Waals surface area (Å²) >= 11 is 0. The summed E-state index contributed by atoms with van der Waals surface area (Å²) in [6.45, 7) is 13.1. The molecule has 3 heterocycles. The molecule has 0 saturated carbocycles. The predicted octanol–water partition coefficient (Wildman–Crippen LogP) is 2.19.